The average Bonchev–Trinajstić information content (AvgIpc) is 2.43. The second-order valence-electron chi connectivity index (χ2n) is 5.71. The van der Waals surface area contributed by atoms with E-state index in [1.165, 1.54) is 77.0 Å². The number of rotatable bonds is 16. The second kappa shape index (κ2) is 21.8. The molecule has 0 aliphatic heterocycles. The van der Waals surface area contributed by atoms with Gasteiger partial charge in [0.05, 0.1) is 6.61 Å². The topological polar surface area (TPSA) is 46.5 Å². The van der Waals surface area contributed by atoms with Gasteiger partial charge in [-0.05, 0) is 6.42 Å². The molecule has 0 aliphatic rings. The Morgan fingerprint density at radius 1 is 0.714 bits per heavy atom. The van der Waals surface area contributed by atoms with Crippen LogP contribution in [0.4, 0.5) is 0 Å². The van der Waals surface area contributed by atoms with Crippen molar-refractivity contribution in [2.75, 3.05) is 6.61 Å². The van der Waals surface area contributed by atoms with E-state index in [0.29, 0.717) is 6.61 Å². The standard InChI is InChI=1S/C16H35O3P.K.H/c1-2-3-4-5-6-7-8-9-10-11-12-13-14-15-16-19-20(17)18;;/h20H,2-16H2,1H3,(H,17,18);;. The Morgan fingerprint density at radius 3 is 1.38 bits per heavy atom. The number of hydrogen-bond donors (Lipinski definition) is 1. The molecule has 5 heteroatoms. The van der Waals surface area contributed by atoms with E-state index in [2.05, 4.69) is 11.4 Å². The molecule has 0 amide bonds. The number of hydrogen-bond acceptors (Lipinski definition) is 2. The van der Waals surface area contributed by atoms with Crippen LogP contribution in [-0.4, -0.2) is 62.9 Å². The van der Waals surface area contributed by atoms with Crippen LogP contribution in [0.1, 0.15) is 96.8 Å². The van der Waals surface area contributed by atoms with Gasteiger partial charge >= 0.3 is 59.6 Å². The summed E-state index contributed by atoms with van der Waals surface area (Å²) >= 11 is 0. The first-order valence-electron chi connectivity index (χ1n) is 8.63. The second-order valence-corrected chi connectivity index (χ2v) is 6.53. The molecule has 0 aromatic rings. The molecule has 0 saturated carbocycles. The predicted octanol–water partition coefficient (Wildman–Crippen LogP) is 5.22. The molecule has 0 bridgehead atoms. The Kier molecular flexibility index (Phi) is 26.0. The Hall–Kier alpha value is 1.79. The summed E-state index contributed by atoms with van der Waals surface area (Å²) in [5, 5.41) is 0. The van der Waals surface area contributed by atoms with Gasteiger partial charge in [-0.15, -0.1) is 0 Å². The fourth-order valence-corrected chi connectivity index (χ4v) is 2.78. The zero-order valence-corrected chi connectivity index (χ0v) is 14.4. The van der Waals surface area contributed by atoms with Crippen LogP contribution >= 0.6 is 8.25 Å². The van der Waals surface area contributed by atoms with Crippen LogP contribution < -0.4 is 0 Å². The average molecular weight is 347 g/mol. The summed E-state index contributed by atoms with van der Waals surface area (Å²) in [6.45, 7) is 2.70. The van der Waals surface area contributed by atoms with Gasteiger partial charge in [-0.1, -0.05) is 90.4 Å². The summed E-state index contributed by atoms with van der Waals surface area (Å²) in [6.07, 6.45) is 18.5. The first-order valence-corrected chi connectivity index (χ1v) is 9.89. The maximum absolute atomic E-state index is 10.3. The van der Waals surface area contributed by atoms with Crippen molar-refractivity contribution >= 4 is 59.6 Å². The summed E-state index contributed by atoms with van der Waals surface area (Å²) in [5.74, 6) is 0. The van der Waals surface area contributed by atoms with Crippen molar-refractivity contribution in [3.8, 4) is 0 Å². The molecule has 3 nitrogen and oxygen atoms in total. The van der Waals surface area contributed by atoms with Crippen LogP contribution in [0.2, 0.25) is 0 Å². The molecule has 1 N–H and O–H groups in total. The van der Waals surface area contributed by atoms with Gasteiger partial charge in [0.25, 0.3) is 0 Å². The molecule has 0 radical (unpaired) electrons. The normalized spacial score (nSPS) is 12.1. The van der Waals surface area contributed by atoms with Gasteiger partial charge in [-0.25, -0.2) is 0 Å². The SMILES string of the molecule is CCCCCCCCCCCCCCCCO[PH](=O)O.[KH]. The van der Waals surface area contributed by atoms with Gasteiger partial charge in [0.2, 0.25) is 0 Å². The molecule has 0 aliphatic carbocycles. The Bertz CT molecular complexity index is 216. The molecule has 1 unspecified atom stereocenters. The van der Waals surface area contributed by atoms with Crippen LogP contribution in [0.5, 0.6) is 0 Å². The predicted molar refractivity (Wildman–Crippen MR) is 94.6 cm³/mol. The van der Waals surface area contributed by atoms with Gasteiger partial charge in [0, 0.05) is 0 Å². The third-order valence-electron chi connectivity index (χ3n) is 3.72. The zero-order valence-electron chi connectivity index (χ0n) is 13.4. The summed E-state index contributed by atoms with van der Waals surface area (Å²) in [5.41, 5.74) is 0. The maximum atomic E-state index is 10.3. The molecular weight excluding hydrogens is 310 g/mol. The number of unbranched alkanes of at least 4 members (excludes halogenated alkanes) is 13. The molecule has 1 atom stereocenters. The minimum absolute atomic E-state index is 0. The fourth-order valence-electron chi connectivity index (χ4n) is 2.46. The molecular formula is C16H36KO3P. The molecule has 0 saturated heterocycles. The van der Waals surface area contributed by atoms with Crippen molar-refractivity contribution in [2.24, 2.45) is 0 Å². The molecule has 0 fully saturated rings. The summed E-state index contributed by atoms with van der Waals surface area (Å²) in [4.78, 5) is 8.48. The quantitative estimate of drug-likeness (QED) is 0.237. The van der Waals surface area contributed by atoms with Crippen molar-refractivity contribution in [3.05, 3.63) is 0 Å². The summed E-state index contributed by atoms with van der Waals surface area (Å²) < 4.78 is 14.9. The van der Waals surface area contributed by atoms with Gasteiger partial charge in [-0.3, -0.25) is 4.57 Å². The van der Waals surface area contributed by atoms with E-state index in [0.717, 1.165) is 12.8 Å². The van der Waals surface area contributed by atoms with Crippen LogP contribution in [-0.2, 0) is 9.09 Å². The Morgan fingerprint density at radius 2 is 1.05 bits per heavy atom. The van der Waals surface area contributed by atoms with E-state index in [9.17, 15) is 4.57 Å². The molecule has 0 aromatic carbocycles. The van der Waals surface area contributed by atoms with Gasteiger partial charge in [0.1, 0.15) is 0 Å². The van der Waals surface area contributed by atoms with E-state index >= 15 is 0 Å². The van der Waals surface area contributed by atoms with Crippen LogP contribution in [0.15, 0.2) is 0 Å². The van der Waals surface area contributed by atoms with Crippen molar-refractivity contribution in [1.82, 2.24) is 0 Å². The van der Waals surface area contributed by atoms with E-state index in [-0.39, 0.29) is 51.4 Å². The monoisotopic (exact) mass is 346 g/mol. The fraction of sp³-hybridized carbons (Fsp3) is 1.00. The molecule has 0 heterocycles. The van der Waals surface area contributed by atoms with Gasteiger partial charge in [0.15, 0.2) is 0 Å². The van der Waals surface area contributed by atoms with Crippen LogP contribution in [0.25, 0.3) is 0 Å². The van der Waals surface area contributed by atoms with Crippen LogP contribution in [0.3, 0.4) is 0 Å². The Balaban J connectivity index is 0. The van der Waals surface area contributed by atoms with Crippen molar-refractivity contribution in [3.63, 3.8) is 0 Å². The van der Waals surface area contributed by atoms with Crippen molar-refractivity contribution < 1.29 is 14.0 Å². The van der Waals surface area contributed by atoms with E-state index < -0.39 is 8.25 Å². The zero-order chi connectivity index (χ0) is 14.9. The van der Waals surface area contributed by atoms with Crippen LogP contribution in [0, 0.1) is 0 Å². The first-order chi connectivity index (χ1) is 9.77. The van der Waals surface area contributed by atoms with E-state index in [1.807, 2.05) is 0 Å². The van der Waals surface area contributed by atoms with E-state index in [1.54, 1.807) is 0 Å². The van der Waals surface area contributed by atoms with Crippen molar-refractivity contribution in [2.45, 2.75) is 96.8 Å². The van der Waals surface area contributed by atoms with Gasteiger partial charge in [-0.2, -0.15) is 0 Å². The minimum atomic E-state index is -2.70. The Labute approximate surface area is 175 Å². The molecule has 124 valence electrons. The summed E-state index contributed by atoms with van der Waals surface area (Å²) in [6, 6.07) is 0. The third kappa shape index (κ3) is 24.2. The third-order valence-corrected chi connectivity index (χ3v) is 4.17. The first kappa shape index (κ1) is 25.0. The van der Waals surface area contributed by atoms with Gasteiger partial charge < -0.3 is 9.42 Å². The molecule has 0 rings (SSSR count). The molecule has 0 spiro atoms. The summed E-state index contributed by atoms with van der Waals surface area (Å²) in [7, 11) is -2.70. The van der Waals surface area contributed by atoms with Crippen molar-refractivity contribution in [1.29, 1.82) is 0 Å². The molecule has 21 heavy (non-hydrogen) atoms. The molecule has 0 aromatic heterocycles. The van der Waals surface area contributed by atoms with E-state index in [4.69, 9.17) is 4.89 Å².